The van der Waals surface area contributed by atoms with Gasteiger partial charge < -0.3 is 5.32 Å². The van der Waals surface area contributed by atoms with E-state index in [1.807, 2.05) is 13.1 Å². The van der Waals surface area contributed by atoms with Gasteiger partial charge in [0.2, 0.25) is 0 Å². The number of hydrogen-bond donors (Lipinski definition) is 1. The van der Waals surface area contributed by atoms with Gasteiger partial charge in [-0.25, -0.2) is 4.39 Å². The SMILES string of the molecule is C=C/C=C(/c1ccc(F)cc1Cl)c1ccc(CC)cc1NC. The van der Waals surface area contributed by atoms with E-state index in [-0.39, 0.29) is 5.82 Å². The van der Waals surface area contributed by atoms with Crippen molar-refractivity contribution in [2.45, 2.75) is 13.3 Å². The minimum Gasteiger partial charge on any atom is -0.388 e. The van der Waals surface area contributed by atoms with Crippen LogP contribution in [0.15, 0.2) is 55.1 Å². The molecule has 0 spiro atoms. The standard InChI is InChI=1S/C19H19ClFN/c1-4-6-15(16-10-8-14(21)12-18(16)20)17-9-7-13(5-2)11-19(17)22-3/h4,6-12,22H,1,5H2,2-3H3/b15-6-. The summed E-state index contributed by atoms with van der Waals surface area (Å²) >= 11 is 6.23. The van der Waals surface area contributed by atoms with Crippen molar-refractivity contribution in [1.29, 1.82) is 0 Å². The first-order valence-electron chi connectivity index (χ1n) is 7.19. The van der Waals surface area contributed by atoms with E-state index in [4.69, 9.17) is 11.6 Å². The third-order valence-corrected chi connectivity index (χ3v) is 3.87. The van der Waals surface area contributed by atoms with Gasteiger partial charge in [-0.1, -0.05) is 49.4 Å². The largest absolute Gasteiger partial charge is 0.388 e. The van der Waals surface area contributed by atoms with Gasteiger partial charge in [0.1, 0.15) is 5.82 Å². The van der Waals surface area contributed by atoms with E-state index >= 15 is 0 Å². The first-order valence-corrected chi connectivity index (χ1v) is 7.57. The van der Waals surface area contributed by atoms with Crippen LogP contribution in [0.5, 0.6) is 0 Å². The second kappa shape index (κ2) is 7.28. The molecule has 0 bridgehead atoms. The lowest BCUT2D eigenvalue weighted by molar-refractivity contribution is 0.628. The van der Waals surface area contributed by atoms with E-state index in [1.54, 1.807) is 12.1 Å². The molecule has 0 unspecified atom stereocenters. The predicted octanol–water partition coefficient (Wildman–Crippen LogP) is 5.70. The number of nitrogens with one attached hydrogen (secondary N) is 1. The number of benzene rings is 2. The van der Waals surface area contributed by atoms with Crippen LogP contribution in [0.4, 0.5) is 10.1 Å². The Labute approximate surface area is 136 Å². The van der Waals surface area contributed by atoms with Gasteiger partial charge in [-0.15, -0.1) is 0 Å². The highest BCUT2D eigenvalue weighted by Crippen LogP contribution is 2.34. The van der Waals surface area contributed by atoms with Crippen LogP contribution in [0.2, 0.25) is 5.02 Å². The molecular formula is C19H19ClFN. The normalized spacial score (nSPS) is 11.4. The van der Waals surface area contributed by atoms with E-state index in [0.717, 1.165) is 28.8 Å². The van der Waals surface area contributed by atoms with Crippen LogP contribution in [0.3, 0.4) is 0 Å². The molecule has 3 heteroatoms. The highest BCUT2D eigenvalue weighted by atomic mass is 35.5. The fourth-order valence-electron chi connectivity index (χ4n) is 2.40. The average Bonchev–Trinajstić information content (AvgIpc) is 2.52. The summed E-state index contributed by atoms with van der Waals surface area (Å²) in [5.74, 6) is -0.345. The second-order valence-corrected chi connectivity index (χ2v) is 5.33. The van der Waals surface area contributed by atoms with Crippen LogP contribution in [-0.4, -0.2) is 7.05 Å². The maximum Gasteiger partial charge on any atom is 0.124 e. The molecule has 22 heavy (non-hydrogen) atoms. The fraction of sp³-hybridized carbons (Fsp3) is 0.158. The smallest absolute Gasteiger partial charge is 0.124 e. The molecule has 0 saturated carbocycles. The zero-order chi connectivity index (χ0) is 16.1. The summed E-state index contributed by atoms with van der Waals surface area (Å²) in [6.07, 6.45) is 4.57. The molecule has 0 aromatic heterocycles. The maximum atomic E-state index is 13.3. The van der Waals surface area contributed by atoms with Gasteiger partial charge in [0, 0.05) is 23.9 Å². The monoisotopic (exact) mass is 315 g/mol. The average molecular weight is 316 g/mol. The summed E-state index contributed by atoms with van der Waals surface area (Å²) in [5, 5.41) is 3.60. The minimum atomic E-state index is -0.345. The molecule has 0 saturated heterocycles. The van der Waals surface area contributed by atoms with Gasteiger partial charge in [-0.05, 0) is 41.8 Å². The van der Waals surface area contributed by atoms with Crippen molar-refractivity contribution in [2.75, 3.05) is 12.4 Å². The van der Waals surface area contributed by atoms with Crippen molar-refractivity contribution in [1.82, 2.24) is 0 Å². The molecule has 0 radical (unpaired) electrons. The summed E-state index contributed by atoms with van der Waals surface area (Å²) in [7, 11) is 1.88. The van der Waals surface area contributed by atoms with Gasteiger partial charge in [0.05, 0.1) is 5.02 Å². The molecule has 0 fully saturated rings. The van der Waals surface area contributed by atoms with Crippen LogP contribution in [0.1, 0.15) is 23.6 Å². The zero-order valence-corrected chi connectivity index (χ0v) is 13.5. The van der Waals surface area contributed by atoms with Gasteiger partial charge in [0.25, 0.3) is 0 Å². The molecule has 114 valence electrons. The van der Waals surface area contributed by atoms with Gasteiger partial charge in [-0.2, -0.15) is 0 Å². The first kappa shape index (κ1) is 16.3. The van der Waals surface area contributed by atoms with Crippen molar-refractivity contribution in [2.24, 2.45) is 0 Å². The topological polar surface area (TPSA) is 12.0 Å². The third kappa shape index (κ3) is 3.40. The van der Waals surface area contributed by atoms with Crippen molar-refractivity contribution in [3.8, 4) is 0 Å². The van der Waals surface area contributed by atoms with Crippen molar-refractivity contribution < 1.29 is 4.39 Å². The van der Waals surface area contributed by atoms with E-state index in [2.05, 4.69) is 37.0 Å². The molecule has 2 aromatic rings. The van der Waals surface area contributed by atoms with Crippen molar-refractivity contribution in [3.63, 3.8) is 0 Å². The van der Waals surface area contributed by atoms with E-state index in [9.17, 15) is 4.39 Å². The Morgan fingerprint density at radius 3 is 2.55 bits per heavy atom. The Morgan fingerprint density at radius 2 is 1.95 bits per heavy atom. The lowest BCUT2D eigenvalue weighted by Crippen LogP contribution is -1.98. The van der Waals surface area contributed by atoms with E-state index in [1.165, 1.54) is 17.7 Å². The van der Waals surface area contributed by atoms with Gasteiger partial charge >= 0.3 is 0 Å². The number of halogens is 2. The molecule has 0 aliphatic rings. The Bertz CT molecular complexity index is 719. The number of allylic oxidation sites excluding steroid dienone is 2. The molecular weight excluding hydrogens is 297 g/mol. The van der Waals surface area contributed by atoms with E-state index in [0.29, 0.717) is 5.02 Å². The summed E-state index contributed by atoms with van der Waals surface area (Å²) in [6.45, 7) is 5.89. The number of aryl methyl sites for hydroxylation is 1. The Balaban J connectivity index is 2.63. The Hall–Kier alpha value is -2.06. The molecule has 2 rings (SSSR count). The highest BCUT2D eigenvalue weighted by molar-refractivity contribution is 6.32. The Morgan fingerprint density at radius 1 is 1.23 bits per heavy atom. The highest BCUT2D eigenvalue weighted by Gasteiger charge is 2.13. The summed E-state index contributed by atoms with van der Waals surface area (Å²) in [4.78, 5) is 0. The summed E-state index contributed by atoms with van der Waals surface area (Å²) in [5.41, 5.74) is 4.95. The first-order chi connectivity index (χ1) is 10.6. The van der Waals surface area contributed by atoms with Gasteiger partial charge in [-0.3, -0.25) is 0 Å². The van der Waals surface area contributed by atoms with Crippen LogP contribution >= 0.6 is 11.6 Å². The molecule has 0 atom stereocenters. The molecule has 1 nitrogen and oxygen atoms in total. The lowest BCUT2D eigenvalue weighted by atomic mass is 9.94. The minimum absolute atomic E-state index is 0.345. The summed E-state index contributed by atoms with van der Waals surface area (Å²) < 4.78 is 13.3. The molecule has 0 heterocycles. The lowest BCUT2D eigenvalue weighted by Gasteiger charge is -2.15. The predicted molar refractivity (Wildman–Crippen MR) is 94.1 cm³/mol. The van der Waals surface area contributed by atoms with Crippen molar-refractivity contribution in [3.05, 3.63) is 82.7 Å². The number of hydrogen-bond acceptors (Lipinski definition) is 1. The van der Waals surface area contributed by atoms with Gasteiger partial charge in [0.15, 0.2) is 0 Å². The second-order valence-electron chi connectivity index (χ2n) is 4.92. The van der Waals surface area contributed by atoms with Crippen LogP contribution in [0, 0.1) is 5.82 Å². The van der Waals surface area contributed by atoms with Crippen molar-refractivity contribution >= 4 is 22.9 Å². The molecule has 0 aliphatic carbocycles. The maximum absolute atomic E-state index is 13.3. The molecule has 2 aromatic carbocycles. The molecule has 0 aliphatic heterocycles. The fourth-order valence-corrected chi connectivity index (χ4v) is 2.67. The van der Waals surface area contributed by atoms with Crippen LogP contribution < -0.4 is 5.32 Å². The quantitative estimate of drug-likeness (QED) is 0.698. The molecule has 1 N–H and O–H groups in total. The number of rotatable bonds is 5. The third-order valence-electron chi connectivity index (χ3n) is 3.56. The molecule has 0 amide bonds. The Kier molecular flexibility index (Phi) is 5.40. The zero-order valence-electron chi connectivity index (χ0n) is 12.8. The van der Waals surface area contributed by atoms with Crippen LogP contribution in [-0.2, 0) is 6.42 Å². The van der Waals surface area contributed by atoms with Crippen LogP contribution in [0.25, 0.3) is 5.57 Å². The summed E-state index contributed by atoms with van der Waals surface area (Å²) in [6, 6.07) is 10.7. The van der Waals surface area contributed by atoms with E-state index < -0.39 is 0 Å². The number of anilines is 1.